The molecule has 0 spiro atoms. The van der Waals surface area contributed by atoms with Crippen molar-refractivity contribution in [1.82, 2.24) is 5.32 Å². The summed E-state index contributed by atoms with van der Waals surface area (Å²) >= 11 is 0. The Morgan fingerprint density at radius 1 is 1.00 bits per heavy atom. The molecule has 1 fully saturated rings. The summed E-state index contributed by atoms with van der Waals surface area (Å²) in [6, 6.07) is 6.14. The molecule has 0 unspecified atom stereocenters. The minimum atomic E-state index is -1.06. The Labute approximate surface area is 196 Å². The van der Waals surface area contributed by atoms with Gasteiger partial charge in [-0.25, -0.2) is 4.79 Å². The molecule has 1 aromatic rings. The van der Waals surface area contributed by atoms with Crippen LogP contribution in [-0.2, 0) is 9.47 Å². The summed E-state index contributed by atoms with van der Waals surface area (Å²) in [5.74, 6) is -0.429. The zero-order valence-electron chi connectivity index (χ0n) is 21.7. The highest BCUT2D eigenvalue weighted by molar-refractivity contribution is 5.93. The Morgan fingerprint density at radius 2 is 1.53 bits per heavy atom. The van der Waals surface area contributed by atoms with Gasteiger partial charge in [0.15, 0.2) is 0 Å². The van der Waals surface area contributed by atoms with Gasteiger partial charge in [0.25, 0.3) is 5.91 Å². The van der Waals surface area contributed by atoms with E-state index < -0.39 is 5.91 Å². The number of rotatable bonds is 10. The Bertz CT molecular complexity index is 706. The second-order valence-corrected chi connectivity index (χ2v) is 10.7. The zero-order valence-corrected chi connectivity index (χ0v) is 21.7. The van der Waals surface area contributed by atoms with Crippen LogP contribution in [0.1, 0.15) is 110 Å². The number of nitrogens with one attached hydrogen (secondary N) is 1. The highest BCUT2D eigenvalue weighted by atomic mass is 16.7. The summed E-state index contributed by atoms with van der Waals surface area (Å²) < 4.78 is 12.4. The van der Waals surface area contributed by atoms with Crippen LogP contribution in [0.2, 0.25) is 0 Å². The van der Waals surface area contributed by atoms with E-state index in [0.29, 0.717) is 31.5 Å². The monoisotopic (exact) mass is 446 g/mol. The van der Waals surface area contributed by atoms with E-state index in [0.717, 1.165) is 18.5 Å². The quantitative estimate of drug-likeness (QED) is 0.388. The number of carbonyl (C=O) groups is 1. The number of urea groups is 1. The average molecular weight is 447 g/mol. The Balaban J connectivity index is 2.24. The van der Waals surface area contributed by atoms with Gasteiger partial charge in [-0.2, -0.15) is 0 Å². The Kier molecular flexibility index (Phi) is 9.59. The number of benzene rings is 1. The Hall–Kier alpha value is -1.59. The smallest absolute Gasteiger partial charge is 0.325 e. The molecule has 2 rings (SSSR count). The Morgan fingerprint density at radius 3 is 2.03 bits per heavy atom. The van der Waals surface area contributed by atoms with E-state index in [1.807, 2.05) is 7.05 Å². The van der Waals surface area contributed by atoms with E-state index in [4.69, 9.17) is 9.47 Å². The average Bonchev–Trinajstić information content (AvgIpc) is 2.74. The molecule has 1 aliphatic heterocycles. The minimum absolute atomic E-state index is 0.0581. The normalized spacial score (nSPS) is 17.6. The molecule has 182 valence electrons. The molecule has 0 bridgehead atoms. The molecule has 2 amide bonds. The van der Waals surface area contributed by atoms with E-state index in [1.54, 1.807) is 4.90 Å². The van der Waals surface area contributed by atoms with Crippen molar-refractivity contribution in [3.8, 4) is 0 Å². The van der Waals surface area contributed by atoms with Crippen LogP contribution in [0.3, 0.4) is 0 Å². The van der Waals surface area contributed by atoms with Gasteiger partial charge in [0.2, 0.25) is 0 Å². The van der Waals surface area contributed by atoms with Crippen LogP contribution >= 0.6 is 0 Å². The van der Waals surface area contributed by atoms with Crippen molar-refractivity contribution in [3.05, 3.63) is 29.3 Å². The number of anilines is 1. The van der Waals surface area contributed by atoms with Crippen LogP contribution < -0.4 is 10.2 Å². The molecule has 1 N–H and O–H groups in total. The highest BCUT2D eigenvalue weighted by Crippen LogP contribution is 2.36. The first-order chi connectivity index (χ1) is 15.0. The van der Waals surface area contributed by atoms with Crippen LogP contribution in [0.15, 0.2) is 18.2 Å². The number of amides is 2. The standard InChI is InChI=1S/C27H46N2O3/c1-9-10-11-12-13-17-27(31-18-26(6,7)19-32-27)28-25(30)29(8)24-22(20(2)3)15-14-16-23(24)21(4)5/h14-16,20-21H,9-13,17-19H2,1-8H3,(H,28,30). The summed E-state index contributed by atoms with van der Waals surface area (Å²) in [5, 5.41) is 3.13. The van der Waals surface area contributed by atoms with Crippen molar-refractivity contribution in [2.45, 2.75) is 105 Å². The van der Waals surface area contributed by atoms with E-state index >= 15 is 0 Å². The molecule has 0 aliphatic carbocycles. The zero-order chi connectivity index (χ0) is 23.9. The van der Waals surface area contributed by atoms with Crippen molar-refractivity contribution >= 4 is 11.7 Å². The number of hydrogen-bond donors (Lipinski definition) is 1. The lowest BCUT2D eigenvalue weighted by molar-refractivity contribution is -0.311. The van der Waals surface area contributed by atoms with Gasteiger partial charge >= 0.3 is 6.03 Å². The molecular formula is C27H46N2O3. The second kappa shape index (κ2) is 11.5. The third kappa shape index (κ3) is 6.95. The van der Waals surface area contributed by atoms with Crippen LogP contribution in [0.25, 0.3) is 0 Å². The second-order valence-electron chi connectivity index (χ2n) is 10.7. The third-order valence-electron chi connectivity index (χ3n) is 6.28. The van der Waals surface area contributed by atoms with Crippen molar-refractivity contribution in [1.29, 1.82) is 0 Å². The molecule has 32 heavy (non-hydrogen) atoms. The lowest BCUT2D eigenvalue weighted by Gasteiger charge is -2.44. The molecule has 1 saturated heterocycles. The van der Waals surface area contributed by atoms with Crippen molar-refractivity contribution in [3.63, 3.8) is 0 Å². The number of unbranched alkanes of at least 4 members (excludes halogenated alkanes) is 4. The fourth-order valence-electron chi connectivity index (χ4n) is 4.19. The summed E-state index contributed by atoms with van der Waals surface area (Å²) in [7, 11) is 1.85. The van der Waals surface area contributed by atoms with Gasteiger partial charge in [-0.05, 0) is 29.4 Å². The number of nitrogens with zero attached hydrogens (tertiary/aromatic N) is 1. The largest absolute Gasteiger partial charge is 0.332 e. The molecule has 5 heteroatoms. The summed E-state index contributed by atoms with van der Waals surface area (Å²) in [4.78, 5) is 15.3. The first-order valence-electron chi connectivity index (χ1n) is 12.5. The SMILES string of the molecule is CCCCCCCC1(NC(=O)N(C)c2c(C(C)C)cccc2C(C)C)OCC(C)(C)CO1. The minimum Gasteiger partial charge on any atom is -0.332 e. The van der Waals surface area contributed by atoms with Gasteiger partial charge in [0.1, 0.15) is 0 Å². The van der Waals surface area contributed by atoms with Crippen molar-refractivity contribution in [2.75, 3.05) is 25.2 Å². The molecule has 1 aliphatic rings. The molecule has 1 heterocycles. The molecule has 0 atom stereocenters. The van der Waals surface area contributed by atoms with Crippen LogP contribution in [0, 0.1) is 5.41 Å². The fourth-order valence-corrected chi connectivity index (χ4v) is 4.19. The lowest BCUT2D eigenvalue weighted by Crippen LogP contribution is -2.60. The first-order valence-corrected chi connectivity index (χ1v) is 12.5. The van der Waals surface area contributed by atoms with Crippen molar-refractivity contribution in [2.24, 2.45) is 5.41 Å². The van der Waals surface area contributed by atoms with Gasteiger partial charge in [-0.15, -0.1) is 0 Å². The molecule has 1 aromatic carbocycles. The van der Waals surface area contributed by atoms with Crippen LogP contribution in [0.4, 0.5) is 10.5 Å². The predicted octanol–water partition coefficient (Wildman–Crippen LogP) is 7.17. The third-order valence-corrected chi connectivity index (χ3v) is 6.28. The summed E-state index contributed by atoms with van der Waals surface area (Å²) in [6.45, 7) is 16.3. The topological polar surface area (TPSA) is 50.8 Å². The number of ether oxygens (including phenoxy) is 2. The predicted molar refractivity (Wildman–Crippen MR) is 133 cm³/mol. The molecule has 0 radical (unpaired) electrons. The van der Waals surface area contributed by atoms with E-state index in [9.17, 15) is 4.79 Å². The lowest BCUT2D eigenvalue weighted by atomic mass is 9.92. The van der Waals surface area contributed by atoms with E-state index in [-0.39, 0.29) is 11.4 Å². The fraction of sp³-hybridized carbons (Fsp3) is 0.741. The van der Waals surface area contributed by atoms with Crippen LogP contribution in [0.5, 0.6) is 0 Å². The maximum atomic E-state index is 13.5. The van der Waals surface area contributed by atoms with E-state index in [2.05, 4.69) is 72.0 Å². The van der Waals surface area contributed by atoms with E-state index in [1.165, 1.54) is 30.4 Å². The van der Waals surface area contributed by atoms with Gasteiger partial charge in [0.05, 0.1) is 18.9 Å². The van der Waals surface area contributed by atoms with Gasteiger partial charge < -0.3 is 9.47 Å². The summed E-state index contributed by atoms with van der Waals surface area (Å²) in [5.41, 5.74) is 3.28. The molecule has 0 aromatic heterocycles. The summed E-state index contributed by atoms with van der Waals surface area (Å²) in [6.07, 6.45) is 6.39. The maximum Gasteiger partial charge on any atom is 0.325 e. The van der Waals surface area contributed by atoms with Gasteiger partial charge in [-0.3, -0.25) is 10.2 Å². The van der Waals surface area contributed by atoms with Gasteiger partial charge in [0, 0.05) is 18.9 Å². The van der Waals surface area contributed by atoms with Crippen molar-refractivity contribution < 1.29 is 14.3 Å². The first kappa shape index (κ1) is 26.7. The maximum absolute atomic E-state index is 13.5. The number of para-hydroxylation sites is 1. The number of carbonyl (C=O) groups excluding carboxylic acids is 1. The highest BCUT2D eigenvalue weighted by Gasteiger charge is 2.42. The molecule has 0 saturated carbocycles. The number of hydrogen-bond acceptors (Lipinski definition) is 3. The van der Waals surface area contributed by atoms with Crippen LogP contribution in [-0.4, -0.2) is 32.2 Å². The van der Waals surface area contributed by atoms with Gasteiger partial charge in [-0.1, -0.05) is 92.3 Å². The molecular weight excluding hydrogens is 400 g/mol. The molecule has 5 nitrogen and oxygen atoms in total.